The fraction of sp³-hybridized carbons (Fsp3) is 0.188. The van der Waals surface area contributed by atoms with E-state index in [1.165, 1.54) is 28.8 Å². The van der Waals surface area contributed by atoms with E-state index in [4.69, 9.17) is 0 Å². The number of nitrogens with one attached hydrogen (secondary N) is 1. The Balaban J connectivity index is 1.80. The van der Waals surface area contributed by atoms with Gasteiger partial charge in [-0.15, -0.1) is 0 Å². The molecule has 1 N–H and O–H groups in total. The average Bonchev–Trinajstić information content (AvgIpc) is 2.95. The van der Waals surface area contributed by atoms with Gasteiger partial charge in [0.1, 0.15) is 5.65 Å². The minimum atomic E-state index is -4.45. The van der Waals surface area contributed by atoms with E-state index in [0.717, 1.165) is 17.8 Å². The first kappa shape index (κ1) is 17.4. The molecule has 0 bridgehead atoms. The summed E-state index contributed by atoms with van der Waals surface area (Å²) in [6.45, 7) is 1.72. The van der Waals surface area contributed by atoms with E-state index in [2.05, 4.69) is 9.71 Å². The number of halogens is 3. The second kappa shape index (κ2) is 6.16. The molecular weight excluding hydrogens is 355 g/mol. The van der Waals surface area contributed by atoms with Crippen molar-refractivity contribution in [2.75, 3.05) is 0 Å². The van der Waals surface area contributed by atoms with Crippen molar-refractivity contribution in [2.24, 2.45) is 0 Å². The average molecular weight is 369 g/mol. The van der Waals surface area contributed by atoms with Crippen LogP contribution in [0.3, 0.4) is 0 Å². The summed E-state index contributed by atoms with van der Waals surface area (Å²) < 4.78 is 66.2. The molecular formula is C16H14F3N3O2S. The maximum absolute atomic E-state index is 12.7. The van der Waals surface area contributed by atoms with Gasteiger partial charge in [0.25, 0.3) is 0 Å². The molecule has 3 rings (SSSR count). The highest BCUT2D eigenvalue weighted by molar-refractivity contribution is 7.89. The highest BCUT2D eigenvalue weighted by Gasteiger charge is 2.30. The molecule has 0 aliphatic heterocycles. The summed E-state index contributed by atoms with van der Waals surface area (Å²) >= 11 is 0. The Labute approximate surface area is 142 Å². The molecule has 0 saturated heterocycles. The van der Waals surface area contributed by atoms with E-state index < -0.39 is 21.8 Å². The summed E-state index contributed by atoms with van der Waals surface area (Å²) in [6.07, 6.45) is -2.17. The van der Waals surface area contributed by atoms with E-state index in [-0.39, 0.29) is 11.4 Å². The third kappa shape index (κ3) is 3.83. The number of sulfonamides is 1. The summed E-state index contributed by atoms with van der Waals surface area (Å²) in [7, 11) is -3.72. The monoisotopic (exact) mass is 369 g/mol. The van der Waals surface area contributed by atoms with Gasteiger partial charge in [-0.2, -0.15) is 13.2 Å². The van der Waals surface area contributed by atoms with Gasteiger partial charge < -0.3 is 4.40 Å². The summed E-state index contributed by atoms with van der Waals surface area (Å²) in [5.74, 6) is 0. The number of rotatable bonds is 4. The summed E-state index contributed by atoms with van der Waals surface area (Å²) in [5.41, 5.74) is 0.747. The molecule has 3 aromatic rings. The number of benzene rings is 1. The molecule has 1 aromatic carbocycles. The fourth-order valence-electron chi connectivity index (χ4n) is 2.27. The van der Waals surface area contributed by atoms with Crippen LogP contribution in [0.5, 0.6) is 0 Å². The molecule has 2 heterocycles. The molecule has 0 saturated carbocycles. The number of hydrogen-bond acceptors (Lipinski definition) is 3. The lowest BCUT2D eigenvalue weighted by molar-refractivity contribution is -0.137. The Kier molecular flexibility index (Phi) is 4.29. The third-order valence-corrected chi connectivity index (χ3v) is 5.02. The molecule has 9 heteroatoms. The number of nitrogens with zero attached hydrogens (tertiary/aromatic N) is 2. The molecule has 0 radical (unpaired) electrons. The van der Waals surface area contributed by atoms with Crippen LogP contribution in [0.25, 0.3) is 5.65 Å². The van der Waals surface area contributed by atoms with Crippen LogP contribution in [-0.2, 0) is 22.7 Å². The zero-order chi connectivity index (χ0) is 18.2. The zero-order valence-corrected chi connectivity index (χ0v) is 13.9. The Morgan fingerprint density at radius 1 is 1.08 bits per heavy atom. The zero-order valence-electron chi connectivity index (χ0n) is 13.1. The van der Waals surface area contributed by atoms with Crippen molar-refractivity contribution < 1.29 is 21.6 Å². The van der Waals surface area contributed by atoms with Gasteiger partial charge in [0.2, 0.25) is 10.0 Å². The first-order valence-corrected chi connectivity index (χ1v) is 8.75. The van der Waals surface area contributed by atoms with Gasteiger partial charge in [-0.1, -0.05) is 17.7 Å². The predicted molar refractivity (Wildman–Crippen MR) is 85.4 cm³/mol. The minimum Gasteiger partial charge on any atom is -0.306 e. The number of fused-ring (bicyclic) bond motifs is 1. The van der Waals surface area contributed by atoms with Gasteiger partial charge in [-0.3, -0.25) is 0 Å². The Morgan fingerprint density at radius 2 is 1.76 bits per heavy atom. The summed E-state index contributed by atoms with van der Waals surface area (Å²) in [6, 6.07) is 8.49. The van der Waals surface area contributed by atoms with Crippen LogP contribution in [0.4, 0.5) is 13.2 Å². The topological polar surface area (TPSA) is 63.5 Å². The van der Waals surface area contributed by atoms with Crippen LogP contribution in [0.1, 0.15) is 16.8 Å². The van der Waals surface area contributed by atoms with Crippen molar-refractivity contribution in [2.45, 2.75) is 24.5 Å². The maximum atomic E-state index is 12.7. The van der Waals surface area contributed by atoms with Gasteiger partial charge in [-0.05, 0) is 31.2 Å². The highest BCUT2D eigenvalue weighted by Crippen LogP contribution is 2.29. The van der Waals surface area contributed by atoms with E-state index in [1.807, 2.05) is 6.92 Å². The van der Waals surface area contributed by atoms with Gasteiger partial charge in [0, 0.05) is 12.4 Å². The lowest BCUT2D eigenvalue weighted by atomic mass is 10.2. The molecule has 25 heavy (non-hydrogen) atoms. The Hall–Kier alpha value is -2.39. The molecule has 0 aliphatic rings. The van der Waals surface area contributed by atoms with Crippen molar-refractivity contribution >= 4 is 15.7 Å². The van der Waals surface area contributed by atoms with Crippen LogP contribution in [0, 0.1) is 6.92 Å². The summed E-state index contributed by atoms with van der Waals surface area (Å²) in [4.78, 5) is 4.23. The highest BCUT2D eigenvalue weighted by atomic mass is 32.2. The molecule has 2 aromatic heterocycles. The number of aryl methyl sites for hydroxylation is 1. The SMILES string of the molecule is Cc1ccc(S(=O)(=O)NCc2cn3cc(C(F)(F)F)ccc3n2)cc1. The van der Waals surface area contributed by atoms with E-state index >= 15 is 0 Å². The molecule has 0 fully saturated rings. The Bertz CT molecular complexity index is 1010. The summed E-state index contributed by atoms with van der Waals surface area (Å²) in [5, 5.41) is 0. The van der Waals surface area contributed by atoms with Crippen LogP contribution in [-0.4, -0.2) is 17.8 Å². The van der Waals surface area contributed by atoms with Crippen molar-refractivity contribution in [1.82, 2.24) is 14.1 Å². The van der Waals surface area contributed by atoms with E-state index in [1.54, 1.807) is 12.1 Å². The minimum absolute atomic E-state index is 0.112. The predicted octanol–water partition coefficient (Wildman–Crippen LogP) is 3.14. The van der Waals surface area contributed by atoms with Crippen molar-refractivity contribution in [3.8, 4) is 0 Å². The largest absolute Gasteiger partial charge is 0.417 e. The smallest absolute Gasteiger partial charge is 0.306 e. The number of imidazole rings is 1. The second-order valence-electron chi connectivity index (χ2n) is 5.55. The maximum Gasteiger partial charge on any atom is 0.417 e. The van der Waals surface area contributed by atoms with Crippen LogP contribution in [0.2, 0.25) is 0 Å². The lowest BCUT2D eigenvalue weighted by Crippen LogP contribution is -2.23. The standard InChI is InChI=1S/C16H14F3N3O2S/c1-11-2-5-14(6-3-11)25(23,24)20-8-13-10-22-9-12(16(17,18)19)4-7-15(22)21-13/h2-7,9-10,20H,8H2,1H3. The van der Waals surface area contributed by atoms with Crippen molar-refractivity contribution in [1.29, 1.82) is 0 Å². The normalized spacial score (nSPS) is 12.6. The fourth-order valence-corrected chi connectivity index (χ4v) is 3.27. The van der Waals surface area contributed by atoms with Gasteiger partial charge in [0.05, 0.1) is 22.7 Å². The molecule has 0 spiro atoms. The molecule has 132 valence electrons. The van der Waals surface area contributed by atoms with E-state index in [0.29, 0.717) is 11.3 Å². The number of pyridine rings is 1. The molecule has 0 atom stereocenters. The lowest BCUT2D eigenvalue weighted by Gasteiger charge is -2.06. The molecule has 0 aliphatic carbocycles. The van der Waals surface area contributed by atoms with Gasteiger partial charge in [0.15, 0.2) is 0 Å². The van der Waals surface area contributed by atoms with Crippen LogP contribution < -0.4 is 4.72 Å². The second-order valence-corrected chi connectivity index (χ2v) is 7.32. The molecule has 5 nitrogen and oxygen atoms in total. The number of alkyl halides is 3. The first-order valence-electron chi connectivity index (χ1n) is 7.26. The Morgan fingerprint density at radius 3 is 2.40 bits per heavy atom. The van der Waals surface area contributed by atoms with Crippen LogP contribution >= 0.6 is 0 Å². The van der Waals surface area contributed by atoms with Gasteiger partial charge >= 0.3 is 6.18 Å². The number of aromatic nitrogens is 2. The first-order chi connectivity index (χ1) is 11.6. The van der Waals surface area contributed by atoms with Crippen molar-refractivity contribution in [3.05, 3.63) is 65.6 Å². The number of hydrogen-bond donors (Lipinski definition) is 1. The third-order valence-electron chi connectivity index (χ3n) is 3.60. The van der Waals surface area contributed by atoms with E-state index in [9.17, 15) is 21.6 Å². The van der Waals surface area contributed by atoms with Crippen molar-refractivity contribution in [3.63, 3.8) is 0 Å². The van der Waals surface area contributed by atoms with Crippen LogP contribution in [0.15, 0.2) is 53.7 Å². The van der Waals surface area contributed by atoms with Gasteiger partial charge in [-0.25, -0.2) is 18.1 Å². The molecule has 0 unspecified atom stereocenters. The quantitative estimate of drug-likeness (QED) is 0.769. The molecule has 0 amide bonds.